The molecular weight excluding hydrogens is 216 g/mol. The SMILES string of the molecule is C=C(C)c1ccc(C)c(C2=C(C)C=CCCC2)c1. The second-order valence-corrected chi connectivity index (χ2v) is 5.27. The first-order valence-electron chi connectivity index (χ1n) is 6.73. The van der Waals surface area contributed by atoms with Crippen molar-refractivity contribution in [1.29, 1.82) is 0 Å². The minimum atomic E-state index is 1.14. The molecule has 0 saturated carbocycles. The highest BCUT2D eigenvalue weighted by atomic mass is 14.2. The average Bonchev–Trinajstić information content (AvgIpc) is 2.54. The zero-order chi connectivity index (χ0) is 13.1. The normalized spacial score (nSPS) is 15.7. The van der Waals surface area contributed by atoms with Crippen LogP contribution in [-0.4, -0.2) is 0 Å². The van der Waals surface area contributed by atoms with Crippen LogP contribution in [-0.2, 0) is 0 Å². The first-order chi connectivity index (χ1) is 8.59. The third kappa shape index (κ3) is 2.64. The van der Waals surface area contributed by atoms with Crippen molar-refractivity contribution in [2.45, 2.75) is 40.0 Å². The second kappa shape index (κ2) is 5.39. The van der Waals surface area contributed by atoms with Gasteiger partial charge in [-0.3, -0.25) is 0 Å². The van der Waals surface area contributed by atoms with E-state index in [1.807, 2.05) is 0 Å². The number of rotatable bonds is 2. The van der Waals surface area contributed by atoms with E-state index in [0.717, 1.165) is 5.57 Å². The van der Waals surface area contributed by atoms with Crippen molar-refractivity contribution in [2.75, 3.05) is 0 Å². The quantitative estimate of drug-likeness (QED) is 0.634. The van der Waals surface area contributed by atoms with Crippen molar-refractivity contribution in [2.24, 2.45) is 0 Å². The molecule has 0 saturated heterocycles. The molecule has 0 heteroatoms. The Labute approximate surface area is 111 Å². The van der Waals surface area contributed by atoms with E-state index >= 15 is 0 Å². The molecule has 18 heavy (non-hydrogen) atoms. The molecule has 0 N–H and O–H groups in total. The molecule has 0 atom stereocenters. The number of benzene rings is 1. The van der Waals surface area contributed by atoms with Gasteiger partial charge in [0.1, 0.15) is 0 Å². The molecule has 0 spiro atoms. The van der Waals surface area contributed by atoms with E-state index in [4.69, 9.17) is 0 Å². The molecule has 0 heterocycles. The Morgan fingerprint density at radius 3 is 2.72 bits per heavy atom. The van der Waals surface area contributed by atoms with Gasteiger partial charge in [0.25, 0.3) is 0 Å². The van der Waals surface area contributed by atoms with Crippen molar-refractivity contribution < 1.29 is 0 Å². The maximum Gasteiger partial charge on any atom is -0.0187 e. The van der Waals surface area contributed by atoms with E-state index in [1.54, 1.807) is 0 Å². The number of aryl methyl sites for hydroxylation is 1. The Hall–Kier alpha value is -1.56. The van der Waals surface area contributed by atoms with Crippen LogP contribution in [0.1, 0.15) is 49.8 Å². The molecule has 2 rings (SSSR count). The summed E-state index contributed by atoms with van der Waals surface area (Å²) >= 11 is 0. The smallest absolute Gasteiger partial charge is 0.0187 e. The zero-order valence-electron chi connectivity index (χ0n) is 11.7. The summed E-state index contributed by atoms with van der Waals surface area (Å²) in [6.45, 7) is 10.5. The van der Waals surface area contributed by atoms with Gasteiger partial charge >= 0.3 is 0 Å². The number of hydrogen-bond donors (Lipinski definition) is 0. The van der Waals surface area contributed by atoms with Gasteiger partial charge in [0.15, 0.2) is 0 Å². The fourth-order valence-corrected chi connectivity index (χ4v) is 2.51. The number of hydrogen-bond acceptors (Lipinski definition) is 0. The Balaban J connectivity index is 2.52. The average molecular weight is 238 g/mol. The first-order valence-corrected chi connectivity index (χ1v) is 6.73. The molecule has 0 unspecified atom stereocenters. The van der Waals surface area contributed by atoms with Crippen LogP contribution in [0.2, 0.25) is 0 Å². The summed E-state index contributed by atoms with van der Waals surface area (Å²) in [5.41, 5.74) is 8.07. The highest BCUT2D eigenvalue weighted by molar-refractivity contribution is 5.76. The van der Waals surface area contributed by atoms with E-state index in [2.05, 4.69) is 57.7 Å². The number of allylic oxidation sites excluding steroid dienone is 5. The molecule has 94 valence electrons. The standard InChI is InChI=1S/C18H22/c1-13(2)16-11-10-15(4)18(12-16)17-9-7-5-6-8-14(17)3/h6,8,10-12H,1,5,7,9H2,2-4H3. The van der Waals surface area contributed by atoms with Crippen LogP contribution in [0.4, 0.5) is 0 Å². The molecule has 0 aromatic heterocycles. The molecule has 0 nitrogen and oxygen atoms in total. The van der Waals surface area contributed by atoms with Gasteiger partial charge in [-0.15, -0.1) is 0 Å². The zero-order valence-corrected chi connectivity index (χ0v) is 11.7. The molecule has 1 aromatic rings. The predicted molar refractivity (Wildman–Crippen MR) is 81.5 cm³/mol. The molecule has 0 bridgehead atoms. The van der Waals surface area contributed by atoms with Crippen molar-refractivity contribution in [1.82, 2.24) is 0 Å². The fourth-order valence-electron chi connectivity index (χ4n) is 2.51. The largest absolute Gasteiger partial charge is 0.0955 e. The minimum absolute atomic E-state index is 1.14. The minimum Gasteiger partial charge on any atom is -0.0955 e. The molecule has 0 aliphatic heterocycles. The van der Waals surface area contributed by atoms with E-state index in [-0.39, 0.29) is 0 Å². The summed E-state index contributed by atoms with van der Waals surface area (Å²) in [5, 5.41) is 0. The van der Waals surface area contributed by atoms with Gasteiger partial charge < -0.3 is 0 Å². The van der Waals surface area contributed by atoms with E-state index in [9.17, 15) is 0 Å². The van der Waals surface area contributed by atoms with Crippen molar-refractivity contribution in [3.05, 3.63) is 59.2 Å². The lowest BCUT2D eigenvalue weighted by molar-refractivity contribution is 0.884. The molecular formula is C18H22. The molecule has 1 aliphatic rings. The maximum absolute atomic E-state index is 4.05. The highest BCUT2D eigenvalue weighted by Crippen LogP contribution is 2.31. The van der Waals surface area contributed by atoms with Gasteiger partial charge in [-0.1, -0.05) is 36.4 Å². The molecule has 1 aliphatic carbocycles. The van der Waals surface area contributed by atoms with E-state index in [0.29, 0.717) is 0 Å². The monoisotopic (exact) mass is 238 g/mol. The summed E-state index contributed by atoms with van der Waals surface area (Å²) in [6.07, 6.45) is 8.19. The molecule has 0 radical (unpaired) electrons. The molecule has 1 aromatic carbocycles. The van der Waals surface area contributed by atoms with Crippen LogP contribution in [0.3, 0.4) is 0 Å². The lowest BCUT2D eigenvalue weighted by atomic mass is 9.91. The molecule has 0 fully saturated rings. The van der Waals surface area contributed by atoms with Crippen molar-refractivity contribution in [3.8, 4) is 0 Å². The predicted octanol–water partition coefficient (Wildman–Crippen LogP) is 5.54. The summed E-state index contributed by atoms with van der Waals surface area (Å²) < 4.78 is 0. The van der Waals surface area contributed by atoms with Crippen LogP contribution in [0.15, 0.2) is 42.5 Å². The Kier molecular flexibility index (Phi) is 3.86. The van der Waals surface area contributed by atoms with Crippen LogP contribution in [0, 0.1) is 6.92 Å². The van der Waals surface area contributed by atoms with Gasteiger partial charge in [-0.05, 0) is 73.9 Å². The fraction of sp³-hybridized carbons (Fsp3) is 0.333. The van der Waals surface area contributed by atoms with Gasteiger partial charge in [0.2, 0.25) is 0 Å². The lowest BCUT2D eigenvalue weighted by Gasteiger charge is -2.14. The van der Waals surface area contributed by atoms with Crippen molar-refractivity contribution in [3.63, 3.8) is 0 Å². The van der Waals surface area contributed by atoms with E-state index in [1.165, 1.54) is 47.1 Å². The van der Waals surface area contributed by atoms with Crippen LogP contribution >= 0.6 is 0 Å². The highest BCUT2D eigenvalue weighted by Gasteiger charge is 2.10. The van der Waals surface area contributed by atoms with Crippen molar-refractivity contribution >= 4 is 11.1 Å². The summed E-state index contributed by atoms with van der Waals surface area (Å²) in [7, 11) is 0. The Bertz CT molecular complexity index is 527. The summed E-state index contributed by atoms with van der Waals surface area (Å²) in [5.74, 6) is 0. The van der Waals surface area contributed by atoms with Gasteiger partial charge in [-0.2, -0.15) is 0 Å². The first kappa shape index (κ1) is 12.9. The van der Waals surface area contributed by atoms with Gasteiger partial charge in [-0.25, -0.2) is 0 Å². The Morgan fingerprint density at radius 1 is 1.22 bits per heavy atom. The van der Waals surface area contributed by atoms with Gasteiger partial charge in [0.05, 0.1) is 0 Å². The van der Waals surface area contributed by atoms with Crippen LogP contribution in [0.25, 0.3) is 11.1 Å². The second-order valence-electron chi connectivity index (χ2n) is 5.27. The van der Waals surface area contributed by atoms with E-state index < -0.39 is 0 Å². The van der Waals surface area contributed by atoms with Gasteiger partial charge in [0, 0.05) is 0 Å². The maximum atomic E-state index is 4.05. The lowest BCUT2D eigenvalue weighted by Crippen LogP contribution is -1.93. The molecule has 0 amide bonds. The van der Waals surface area contributed by atoms with Crippen LogP contribution in [0.5, 0.6) is 0 Å². The Morgan fingerprint density at radius 2 is 2.00 bits per heavy atom. The van der Waals surface area contributed by atoms with Crippen LogP contribution < -0.4 is 0 Å². The topological polar surface area (TPSA) is 0 Å². The summed E-state index contributed by atoms with van der Waals surface area (Å²) in [4.78, 5) is 0. The summed E-state index contributed by atoms with van der Waals surface area (Å²) in [6, 6.07) is 6.69. The third-order valence-electron chi connectivity index (χ3n) is 3.70. The third-order valence-corrected chi connectivity index (χ3v) is 3.70.